The van der Waals surface area contributed by atoms with Gasteiger partial charge in [-0.2, -0.15) is 4.89 Å². The molecule has 0 aliphatic carbocycles. The number of phenolic OH excluding ortho intramolecular Hbond substituents is 1. The maximum absolute atomic E-state index is 12.4. The maximum Gasteiger partial charge on any atom is 0.196 e. The molecule has 0 atom stereocenters. The van der Waals surface area contributed by atoms with Crippen LogP contribution in [0.3, 0.4) is 0 Å². The quantitative estimate of drug-likeness (QED) is 0.261. The normalized spacial score (nSPS) is 10.6. The van der Waals surface area contributed by atoms with Crippen LogP contribution in [-0.4, -0.2) is 17.5 Å². The summed E-state index contributed by atoms with van der Waals surface area (Å²) in [6.45, 7) is 2.71. The van der Waals surface area contributed by atoms with Crippen molar-refractivity contribution in [1.29, 1.82) is 0 Å². The smallest absolute Gasteiger partial charge is 0.196 e. The monoisotopic (exact) mass is 342 g/mol. The molecule has 0 saturated carbocycles. The van der Waals surface area contributed by atoms with Crippen LogP contribution >= 0.6 is 0 Å². The van der Waals surface area contributed by atoms with Gasteiger partial charge in [-0.05, 0) is 18.6 Å². The van der Waals surface area contributed by atoms with Gasteiger partial charge in [-0.1, -0.05) is 69.4 Å². The van der Waals surface area contributed by atoms with E-state index < -0.39 is 0 Å². The summed E-state index contributed by atoms with van der Waals surface area (Å²) in [5, 5.41) is 10.1. The fraction of sp³-hybridized carbons (Fsp3) is 0.381. The van der Waals surface area contributed by atoms with Crippen molar-refractivity contribution in [1.82, 2.24) is 0 Å². The highest BCUT2D eigenvalue weighted by atomic mass is 17.2. The van der Waals surface area contributed by atoms with Crippen molar-refractivity contribution in [2.45, 2.75) is 45.4 Å². The lowest BCUT2D eigenvalue weighted by molar-refractivity contribution is -0.207. The molecule has 1 N–H and O–H groups in total. The zero-order valence-corrected chi connectivity index (χ0v) is 14.7. The largest absolute Gasteiger partial charge is 0.507 e. The van der Waals surface area contributed by atoms with Crippen molar-refractivity contribution < 1.29 is 19.7 Å². The number of hydrogen-bond acceptors (Lipinski definition) is 4. The lowest BCUT2D eigenvalue weighted by Gasteiger charge is -2.08. The average Bonchev–Trinajstić information content (AvgIpc) is 2.64. The molecule has 4 heteroatoms. The number of carbonyl (C=O) groups is 1. The predicted molar refractivity (Wildman–Crippen MR) is 97.9 cm³/mol. The number of hydrogen-bond donors (Lipinski definition) is 1. The van der Waals surface area contributed by atoms with Gasteiger partial charge in [0, 0.05) is 11.6 Å². The Labute approximate surface area is 149 Å². The van der Waals surface area contributed by atoms with E-state index in [4.69, 9.17) is 9.78 Å². The summed E-state index contributed by atoms with van der Waals surface area (Å²) >= 11 is 0. The van der Waals surface area contributed by atoms with E-state index in [0.717, 1.165) is 12.8 Å². The van der Waals surface area contributed by atoms with Crippen LogP contribution in [0, 0.1) is 0 Å². The second kappa shape index (κ2) is 10.5. The van der Waals surface area contributed by atoms with Gasteiger partial charge in [0.1, 0.15) is 5.75 Å². The first-order valence-electron chi connectivity index (χ1n) is 8.94. The Morgan fingerprint density at radius 2 is 1.68 bits per heavy atom. The molecule has 0 spiro atoms. The molecule has 0 radical (unpaired) electrons. The number of rotatable bonds is 11. The van der Waals surface area contributed by atoms with Gasteiger partial charge in [-0.25, -0.2) is 0 Å². The van der Waals surface area contributed by atoms with Crippen LogP contribution in [0.5, 0.6) is 11.5 Å². The molecular weight excluding hydrogens is 316 g/mol. The van der Waals surface area contributed by atoms with E-state index in [1.165, 1.54) is 31.7 Å². The summed E-state index contributed by atoms with van der Waals surface area (Å²) in [6, 6.07) is 13.4. The molecule has 0 aliphatic heterocycles. The topological polar surface area (TPSA) is 55.8 Å². The van der Waals surface area contributed by atoms with Crippen molar-refractivity contribution in [3.63, 3.8) is 0 Å². The molecule has 0 unspecified atom stereocenters. The number of carbonyl (C=O) groups excluding carboxylic acids is 1. The predicted octanol–water partition coefficient (Wildman–Crippen LogP) is 5.29. The van der Waals surface area contributed by atoms with Crippen LogP contribution < -0.4 is 4.89 Å². The first-order valence-corrected chi connectivity index (χ1v) is 8.94. The molecule has 0 aliphatic rings. The molecule has 4 nitrogen and oxygen atoms in total. The number of ketones is 1. The standard InChI is InChI=1S/C21H26O4/c1-2-3-4-5-6-10-15-24-25-18-13-14-19(20(22)16-18)21(23)17-11-8-7-9-12-17/h7-9,11-14,16,22H,2-6,10,15H2,1H3. The molecule has 25 heavy (non-hydrogen) atoms. The molecule has 0 amide bonds. The first-order chi connectivity index (χ1) is 12.2. The van der Waals surface area contributed by atoms with Gasteiger partial charge >= 0.3 is 0 Å². The molecule has 2 rings (SSSR count). The molecule has 0 heterocycles. The summed E-state index contributed by atoms with van der Waals surface area (Å²) < 4.78 is 0. The summed E-state index contributed by atoms with van der Waals surface area (Å²) in [5.41, 5.74) is 0.778. The van der Waals surface area contributed by atoms with Crippen LogP contribution in [0.25, 0.3) is 0 Å². The lowest BCUT2D eigenvalue weighted by Crippen LogP contribution is -2.03. The van der Waals surface area contributed by atoms with Gasteiger partial charge in [0.25, 0.3) is 0 Å². The average molecular weight is 342 g/mol. The van der Waals surface area contributed by atoms with Crippen LogP contribution in [0.1, 0.15) is 61.4 Å². The number of phenols is 1. The summed E-state index contributed by atoms with van der Waals surface area (Å²) in [4.78, 5) is 22.7. The highest BCUT2D eigenvalue weighted by Gasteiger charge is 2.14. The van der Waals surface area contributed by atoms with Crippen molar-refractivity contribution in [3.8, 4) is 11.5 Å². The third kappa shape index (κ3) is 6.24. The second-order valence-corrected chi connectivity index (χ2v) is 6.05. The molecule has 0 bridgehead atoms. The third-order valence-electron chi connectivity index (χ3n) is 3.99. The Hall–Kier alpha value is -2.33. The van der Waals surface area contributed by atoms with Crippen molar-refractivity contribution in [2.75, 3.05) is 6.61 Å². The van der Waals surface area contributed by atoms with Crippen molar-refractivity contribution in [2.24, 2.45) is 0 Å². The number of unbranched alkanes of at least 4 members (excludes halogenated alkanes) is 5. The molecule has 2 aromatic carbocycles. The van der Waals surface area contributed by atoms with E-state index in [1.54, 1.807) is 36.4 Å². The fourth-order valence-electron chi connectivity index (χ4n) is 2.55. The molecule has 2 aromatic rings. The SMILES string of the molecule is CCCCCCCCOOc1ccc(C(=O)c2ccccc2)c(O)c1. The summed E-state index contributed by atoms with van der Waals surface area (Å²) in [7, 11) is 0. The van der Waals surface area contributed by atoms with E-state index in [2.05, 4.69) is 6.92 Å². The van der Waals surface area contributed by atoms with E-state index >= 15 is 0 Å². The molecule has 0 saturated heterocycles. The Morgan fingerprint density at radius 3 is 2.40 bits per heavy atom. The Kier molecular flexibility index (Phi) is 7.99. The zero-order valence-electron chi connectivity index (χ0n) is 14.7. The van der Waals surface area contributed by atoms with E-state index in [0.29, 0.717) is 17.9 Å². The van der Waals surface area contributed by atoms with Crippen LogP contribution in [0.4, 0.5) is 0 Å². The van der Waals surface area contributed by atoms with E-state index in [-0.39, 0.29) is 17.1 Å². The molecule has 0 aromatic heterocycles. The lowest BCUT2D eigenvalue weighted by atomic mass is 10.0. The summed E-state index contributed by atoms with van der Waals surface area (Å²) in [6.07, 6.45) is 7.08. The minimum atomic E-state index is -0.224. The van der Waals surface area contributed by atoms with E-state index in [1.807, 2.05) is 6.07 Å². The second-order valence-electron chi connectivity index (χ2n) is 6.05. The maximum atomic E-state index is 12.4. The van der Waals surface area contributed by atoms with Gasteiger partial charge in [0.15, 0.2) is 11.5 Å². The third-order valence-corrected chi connectivity index (χ3v) is 3.99. The van der Waals surface area contributed by atoms with Crippen LogP contribution in [0.2, 0.25) is 0 Å². The minimum absolute atomic E-state index is 0.116. The van der Waals surface area contributed by atoms with Gasteiger partial charge in [-0.15, -0.1) is 0 Å². The van der Waals surface area contributed by atoms with Crippen molar-refractivity contribution >= 4 is 5.78 Å². The van der Waals surface area contributed by atoms with Gasteiger partial charge in [0.2, 0.25) is 0 Å². The summed E-state index contributed by atoms with van der Waals surface area (Å²) in [5.74, 6) is 0.0419. The Balaban J connectivity index is 1.79. The zero-order chi connectivity index (χ0) is 17.9. The Bertz CT molecular complexity index is 652. The number of aromatic hydroxyl groups is 1. The number of benzene rings is 2. The van der Waals surface area contributed by atoms with Crippen LogP contribution in [-0.2, 0) is 4.89 Å². The van der Waals surface area contributed by atoms with Gasteiger partial charge in [-0.3, -0.25) is 4.79 Å². The Morgan fingerprint density at radius 1 is 0.960 bits per heavy atom. The van der Waals surface area contributed by atoms with Crippen molar-refractivity contribution in [3.05, 3.63) is 59.7 Å². The first kappa shape index (κ1) is 19.0. The molecule has 134 valence electrons. The fourth-order valence-corrected chi connectivity index (χ4v) is 2.55. The van der Waals surface area contributed by atoms with Crippen LogP contribution in [0.15, 0.2) is 48.5 Å². The van der Waals surface area contributed by atoms with E-state index in [9.17, 15) is 9.90 Å². The highest BCUT2D eigenvalue weighted by molar-refractivity contribution is 6.10. The highest BCUT2D eigenvalue weighted by Crippen LogP contribution is 2.26. The minimum Gasteiger partial charge on any atom is -0.507 e. The molecular formula is C21H26O4. The molecule has 0 fully saturated rings. The van der Waals surface area contributed by atoms with Gasteiger partial charge < -0.3 is 9.99 Å². The van der Waals surface area contributed by atoms with Gasteiger partial charge in [0.05, 0.1) is 12.2 Å².